The molecule has 0 radical (unpaired) electrons. The Balaban J connectivity index is 1.99. The van der Waals surface area contributed by atoms with E-state index in [1.165, 1.54) is 24.3 Å². The molecule has 0 fully saturated rings. The van der Waals surface area contributed by atoms with Gasteiger partial charge in [-0.15, -0.1) is 0 Å². The smallest absolute Gasteiger partial charge is 0.175 e. The highest BCUT2D eigenvalue weighted by atomic mass is 32.2. The second kappa shape index (κ2) is 6.83. The standard InChI is InChI=1S/C21H16F2N2O2S/c1-28(26,27)18-10-6-14(7-11-18)19-20(15-4-8-17(23)9-5-15)25-12-2-3-16(13-22)21(25)24-19/h2-12H,13H2,1H3. The molecule has 0 aliphatic rings. The maximum Gasteiger partial charge on any atom is 0.175 e. The van der Waals surface area contributed by atoms with E-state index in [9.17, 15) is 17.2 Å². The molecule has 0 amide bonds. The Hall–Kier alpha value is -3.06. The molecule has 0 aliphatic heterocycles. The van der Waals surface area contributed by atoms with Gasteiger partial charge in [0.05, 0.1) is 16.3 Å². The summed E-state index contributed by atoms with van der Waals surface area (Å²) in [7, 11) is -3.32. The summed E-state index contributed by atoms with van der Waals surface area (Å²) in [4.78, 5) is 4.83. The van der Waals surface area contributed by atoms with E-state index in [1.807, 2.05) is 0 Å². The molecule has 2 aromatic heterocycles. The van der Waals surface area contributed by atoms with Crippen molar-refractivity contribution in [3.8, 4) is 22.5 Å². The Morgan fingerprint density at radius 1 is 0.964 bits per heavy atom. The highest BCUT2D eigenvalue weighted by Gasteiger charge is 2.18. The van der Waals surface area contributed by atoms with Crippen LogP contribution in [-0.2, 0) is 16.5 Å². The summed E-state index contributed by atoms with van der Waals surface area (Å²) in [6.45, 7) is -0.670. The summed E-state index contributed by atoms with van der Waals surface area (Å²) < 4.78 is 52.1. The number of sulfone groups is 1. The minimum atomic E-state index is -3.32. The first-order valence-electron chi connectivity index (χ1n) is 8.51. The van der Waals surface area contributed by atoms with E-state index in [-0.39, 0.29) is 10.7 Å². The number of benzene rings is 2. The lowest BCUT2D eigenvalue weighted by Gasteiger charge is -2.07. The summed E-state index contributed by atoms with van der Waals surface area (Å²) in [6.07, 6.45) is 2.92. The zero-order chi connectivity index (χ0) is 19.9. The third-order valence-corrected chi connectivity index (χ3v) is 5.68. The number of pyridine rings is 1. The first-order chi connectivity index (χ1) is 13.4. The summed E-state index contributed by atoms with van der Waals surface area (Å²) in [6, 6.07) is 15.7. The molecular formula is C21H16F2N2O2S. The van der Waals surface area contributed by atoms with Crippen LogP contribution in [0.1, 0.15) is 5.56 Å². The van der Waals surface area contributed by atoms with E-state index in [2.05, 4.69) is 4.98 Å². The van der Waals surface area contributed by atoms with Crippen LogP contribution in [0.2, 0.25) is 0 Å². The van der Waals surface area contributed by atoms with Crippen molar-refractivity contribution < 1.29 is 17.2 Å². The van der Waals surface area contributed by atoms with Crippen LogP contribution in [0.25, 0.3) is 28.2 Å². The molecule has 2 heterocycles. The van der Waals surface area contributed by atoms with Crippen molar-refractivity contribution in [3.63, 3.8) is 0 Å². The third kappa shape index (κ3) is 3.18. The van der Waals surface area contributed by atoms with E-state index in [0.717, 1.165) is 6.26 Å². The fourth-order valence-corrected chi connectivity index (χ4v) is 3.80. The van der Waals surface area contributed by atoms with Gasteiger partial charge in [0.25, 0.3) is 0 Å². The van der Waals surface area contributed by atoms with E-state index in [0.29, 0.717) is 33.7 Å². The molecule has 0 saturated carbocycles. The van der Waals surface area contributed by atoms with Crippen molar-refractivity contribution in [1.82, 2.24) is 9.38 Å². The van der Waals surface area contributed by atoms with Crippen LogP contribution in [0.3, 0.4) is 0 Å². The molecule has 4 nitrogen and oxygen atoms in total. The Morgan fingerprint density at radius 2 is 1.61 bits per heavy atom. The number of nitrogens with zero attached hydrogens (tertiary/aromatic N) is 2. The van der Waals surface area contributed by atoms with E-state index in [1.54, 1.807) is 47.0 Å². The molecule has 0 aliphatic carbocycles. The molecular weight excluding hydrogens is 382 g/mol. The number of hydrogen-bond donors (Lipinski definition) is 0. The fourth-order valence-electron chi connectivity index (χ4n) is 3.17. The first-order valence-corrected chi connectivity index (χ1v) is 10.4. The van der Waals surface area contributed by atoms with Gasteiger partial charge in [-0.2, -0.15) is 0 Å². The van der Waals surface area contributed by atoms with Gasteiger partial charge in [0.1, 0.15) is 18.1 Å². The average molecular weight is 398 g/mol. The fraction of sp³-hybridized carbons (Fsp3) is 0.0952. The Bertz CT molecular complexity index is 1260. The first kappa shape index (κ1) is 18.3. The summed E-state index contributed by atoms with van der Waals surface area (Å²) in [5.74, 6) is -0.360. The SMILES string of the molecule is CS(=O)(=O)c1ccc(-c2nc3c(CF)cccn3c2-c2ccc(F)cc2)cc1. The van der Waals surface area contributed by atoms with Gasteiger partial charge in [-0.05, 0) is 42.5 Å². The van der Waals surface area contributed by atoms with Gasteiger partial charge in [-0.25, -0.2) is 22.2 Å². The lowest BCUT2D eigenvalue weighted by Crippen LogP contribution is -1.96. The number of aromatic nitrogens is 2. The zero-order valence-corrected chi connectivity index (χ0v) is 15.7. The van der Waals surface area contributed by atoms with Crippen molar-refractivity contribution in [1.29, 1.82) is 0 Å². The molecule has 4 aromatic rings. The van der Waals surface area contributed by atoms with Crippen LogP contribution >= 0.6 is 0 Å². The van der Waals surface area contributed by atoms with Gasteiger partial charge in [0.2, 0.25) is 0 Å². The minimum absolute atomic E-state index is 0.202. The predicted octanol–water partition coefficient (Wildman–Crippen LogP) is 4.68. The number of rotatable bonds is 4. The molecule has 2 aromatic carbocycles. The van der Waals surface area contributed by atoms with Crippen LogP contribution in [0.4, 0.5) is 8.78 Å². The number of imidazole rings is 1. The van der Waals surface area contributed by atoms with Crippen LogP contribution in [0.5, 0.6) is 0 Å². The molecule has 0 atom stereocenters. The Kier molecular flexibility index (Phi) is 4.47. The Morgan fingerprint density at radius 3 is 2.21 bits per heavy atom. The average Bonchev–Trinajstić information content (AvgIpc) is 3.07. The molecule has 0 N–H and O–H groups in total. The van der Waals surface area contributed by atoms with Crippen molar-refractivity contribution in [3.05, 3.63) is 78.2 Å². The number of hydrogen-bond acceptors (Lipinski definition) is 3. The van der Waals surface area contributed by atoms with E-state index < -0.39 is 16.5 Å². The van der Waals surface area contributed by atoms with Gasteiger partial charge in [0, 0.05) is 29.1 Å². The second-order valence-electron chi connectivity index (χ2n) is 6.47. The topological polar surface area (TPSA) is 51.4 Å². The molecule has 4 rings (SSSR count). The van der Waals surface area contributed by atoms with Crippen LogP contribution in [-0.4, -0.2) is 24.1 Å². The van der Waals surface area contributed by atoms with Crippen LogP contribution < -0.4 is 0 Å². The number of alkyl halides is 1. The monoisotopic (exact) mass is 398 g/mol. The summed E-state index contributed by atoms with van der Waals surface area (Å²) >= 11 is 0. The Labute approximate surface area is 161 Å². The van der Waals surface area contributed by atoms with Crippen molar-refractivity contribution in [2.45, 2.75) is 11.6 Å². The summed E-state index contributed by atoms with van der Waals surface area (Å²) in [5.41, 5.74) is 3.54. The van der Waals surface area contributed by atoms with Crippen LogP contribution in [0.15, 0.2) is 71.8 Å². The van der Waals surface area contributed by atoms with Gasteiger partial charge in [-0.1, -0.05) is 18.2 Å². The highest BCUT2D eigenvalue weighted by molar-refractivity contribution is 7.90. The minimum Gasteiger partial charge on any atom is -0.299 e. The molecule has 7 heteroatoms. The van der Waals surface area contributed by atoms with Crippen molar-refractivity contribution in [2.24, 2.45) is 0 Å². The normalized spacial score (nSPS) is 11.8. The van der Waals surface area contributed by atoms with Crippen molar-refractivity contribution >= 4 is 15.5 Å². The van der Waals surface area contributed by atoms with E-state index >= 15 is 0 Å². The maximum absolute atomic E-state index is 13.5. The third-order valence-electron chi connectivity index (χ3n) is 4.55. The van der Waals surface area contributed by atoms with Gasteiger partial charge in [0.15, 0.2) is 9.84 Å². The second-order valence-corrected chi connectivity index (χ2v) is 8.49. The molecule has 0 spiro atoms. The highest BCUT2D eigenvalue weighted by Crippen LogP contribution is 2.34. The largest absolute Gasteiger partial charge is 0.299 e. The number of halogens is 2. The lowest BCUT2D eigenvalue weighted by atomic mass is 10.0. The maximum atomic E-state index is 13.5. The molecule has 0 unspecified atom stereocenters. The lowest BCUT2D eigenvalue weighted by molar-refractivity contribution is 0.486. The molecule has 28 heavy (non-hydrogen) atoms. The van der Waals surface area contributed by atoms with Crippen molar-refractivity contribution in [2.75, 3.05) is 6.26 Å². The molecule has 0 bridgehead atoms. The van der Waals surface area contributed by atoms with Gasteiger partial charge in [-0.3, -0.25) is 4.40 Å². The molecule has 142 valence electrons. The molecule has 0 saturated heterocycles. The predicted molar refractivity (Wildman–Crippen MR) is 104 cm³/mol. The van der Waals surface area contributed by atoms with E-state index in [4.69, 9.17) is 0 Å². The number of fused-ring (bicyclic) bond motifs is 1. The quantitative estimate of drug-likeness (QED) is 0.502. The van der Waals surface area contributed by atoms with Gasteiger partial charge >= 0.3 is 0 Å². The zero-order valence-electron chi connectivity index (χ0n) is 14.9. The van der Waals surface area contributed by atoms with Crippen LogP contribution in [0, 0.1) is 5.82 Å². The van der Waals surface area contributed by atoms with Gasteiger partial charge < -0.3 is 0 Å². The summed E-state index contributed by atoms with van der Waals surface area (Å²) in [5, 5.41) is 0.